The highest BCUT2D eigenvalue weighted by Crippen LogP contribution is 2.16. The maximum absolute atomic E-state index is 13.6. The van der Waals surface area contributed by atoms with Crippen LogP contribution in [0, 0.1) is 17.5 Å². The van der Waals surface area contributed by atoms with Gasteiger partial charge in [-0.15, -0.1) is 5.10 Å². The largest absolute Gasteiger partial charge is 0.497 e. The van der Waals surface area contributed by atoms with Gasteiger partial charge in [-0.25, -0.2) is 13.2 Å². The van der Waals surface area contributed by atoms with E-state index in [1.54, 1.807) is 7.11 Å². The summed E-state index contributed by atoms with van der Waals surface area (Å²) >= 11 is 0. The second-order valence-electron chi connectivity index (χ2n) is 5.71. The predicted molar refractivity (Wildman–Crippen MR) is 90.8 cm³/mol. The number of rotatable bonds is 6. The van der Waals surface area contributed by atoms with Gasteiger partial charge < -0.3 is 4.74 Å². The number of aromatic amines is 1. The van der Waals surface area contributed by atoms with Crippen molar-refractivity contribution in [3.8, 4) is 5.75 Å². The van der Waals surface area contributed by atoms with Gasteiger partial charge in [0.05, 0.1) is 13.5 Å². The summed E-state index contributed by atoms with van der Waals surface area (Å²) in [7, 11) is 1.58. The summed E-state index contributed by atoms with van der Waals surface area (Å²) in [6.45, 7) is 0. The number of halogens is 3. The number of carbonyl (C=O) groups is 1. The average Bonchev–Trinajstić information content (AvgIpc) is 3.07. The van der Waals surface area contributed by atoms with Gasteiger partial charge in [0.25, 0.3) is 0 Å². The van der Waals surface area contributed by atoms with Crippen LogP contribution in [0.3, 0.4) is 0 Å². The SMILES string of the molecule is COc1ccc(Cc2nc(NC(=O)Cc3cc(F)c(F)cc3F)n[nH]2)cc1. The van der Waals surface area contributed by atoms with Crippen molar-refractivity contribution in [2.45, 2.75) is 12.8 Å². The van der Waals surface area contributed by atoms with Gasteiger partial charge in [0.1, 0.15) is 17.4 Å². The van der Waals surface area contributed by atoms with Gasteiger partial charge in [0.15, 0.2) is 11.6 Å². The molecule has 0 saturated heterocycles. The molecule has 0 bridgehead atoms. The van der Waals surface area contributed by atoms with Crippen molar-refractivity contribution >= 4 is 11.9 Å². The lowest BCUT2D eigenvalue weighted by atomic mass is 10.1. The zero-order valence-electron chi connectivity index (χ0n) is 14.2. The molecule has 2 aromatic carbocycles. The molecular weight excluding hydrogens is 361 g/mol. The van der Waals surface area contributed by atoms with E-state index in [4.69, 9.17) is 4.74 Å². The fourth-order valence-corrected chi connectivity index (χ4v) is 2.41. The maximum Gasteiger partial charge on any atom is 0.248 e. The van der Waals surface area contributed by atoms with Crippen molar-refractivity contribution in [1.82, 2.24) is 15.2 Å². The molecule has 2 N–H and O–H groups in total. The van der Waals surface area contributed by atoms with Crippen LogP contribution in [-0.4, -0.2) is 28.2 Å². The van der Waals surface area contributed by atoms with E-state index < -0.39 is 29.8 Å². The number of methoxy groups -OCH3 is 1. The number of ether oxygens (including phenoxy) is 1. The topological polar surface area (TPSA) is 79.9 Å². The Morgan fingerprint density at radius 1 is 1.11 bits per heavy atom. The van der Waals surface area contributed by atoms with E-state index in [1.807, 2.05) is 24.3 Å². The minimum absolute atomic E-state index is 0.00602. The Morgan fingerprint density at radius 3 is 2.52 bits per heavy atom. The molecule has 1 heterocycles. The average molecular weight is 376 g/mol. The number of H-pyrrole nitrogens is 1. The second-order valence-corrected chi connectivity index (χ2v) is 5.71. The van der Waals surface area contributed by atoms with Crippen LogP contribution in [-0.2, 0) is 17.6 Å². The monoisotopic (exact) mass is 376 g/mol. The van der Waals surface area contributed by atoms with Crippen LogP contribution >= 0.6 is 0 Å². The molecule has 0 spiro atoms. The summed E-state index contributed by atoms with van der Waals surface area (Å²) in [5.41, 5.74) is 0.689. The summed E-state index contributed by atoms with van der Waals surface area (Å²) in [6.07, 6.45) is -0.0317. The first kappa shape index (κ1) is 18.4. The molecule has 0 fully saturated rings. The van der Waals surface area contributed by atoms with Gasteiger partial charge in [0.2, 0.25) is 11.9 Å². The Kier molecular flexibility index (Phi) is 5.39. The Balaban J connectivity index is 1.61. The number of benzene rings is 2. The minimum atomic E-state index is -1.31. The van der Waals surface area contributed by atoms with Crippen molar-refractivity contribution < 1.29 is 22.7 Å². The van der Waals surface area contributed by atoms with Crippen molar-refractivity contribution in [2.75, 3.05) is 12.4 Å². The lowest BCUT2D eigenvalue weighted by Gasteiger charge is -2.04. The third-order valence-corrected chi connectivity index (χ3v) is 3.75. The molecule has 0 aliphatic rings. The number of anilines is 1. The number of hydrogen-bond acceptors (Lipinski definition) is 4. The van der Waals surface area contributed by atoms with Crippen molar-refractivity contribution in [1.29, 1.82) is 0 Å². The molecule has 0 atom stereocenters. The van der Waals surface area contributed by atoms with E-state index >= 15 is 0 Å². The zero-order valence-corrected chi connectivity index (χ0v) is 14.2. The third-order valence-electron chi connectivity index (χ3n) is 3.75. The quantitative estimate of drug-likeness (QED) is 0.648. The number of nitrogens with one attached hydrogen (secondary N) is 2. The fourth-order valence-electron chi connectivity index (χ4n) is 2.41. The smallest absolute Gasteiger partial charge is 0.248 e. The van der Waals surface area contributed by atoms with Crippen molar-refractivity contribution in [3.63, 3.8) is 0 Å². The Morgan fingerprint density at radius 2 is 1.81 bits per heavy atom. The van der Waals surface area contributed by atoms with Crippen molar-refractivity contribution in [3.05, 3.63) is 70.8 Å². The lowest BCUT2D eigenvalue weighted by Crippen LogP contribution is -2.16. The molecule has 0 aliphatic heterocycles. The van der Waals surface area contributed by atoms with Gasteiger partial charge in [0, 0.05) is 18.1 Å². The molecule has 3 rings (SSSR count). The molecule has 140 valence electrons. The first-order chi connectivity index (χ1) is 12.9. The molecule has 9 heteroatoms. The van der Waals surface area contributed by atoms with E-state index in [1.165, 1.54) is 0 Å². The summed E-state index contributed by atoms with van der Waals surface area (Å²) in [5, 5.41) is 8.93. The molecule has 27 heavy (non-hydrogen) atoms. The molecular formula is C18H15F3N4O2. The number of amides is 1. The lowest BCUT2D eigenvalue weighted by molar-refractivity contribution is -0.115. The summed E-state index contributed by atoms with van der Waals surface area (Å²) in [4.78, 5) is 16.1. The van der Waals surface area contributed by atoms with Crippen LogP contribution in [0.2, 0.25) is 0 Å². The molecule has 0 saturated carbocycles. The molecule has 6 nitrogen and oxygen atoms in total. The predicted octanol–water partition coefficient (Wildman–Crippen LogP) is 3.00. The van der Waals surface area contributed by atoms with E-state index in [-0.39, 0.29) is 11.5 Å². The van der Waals surface area contributed by atoms with Crippen LogP contribution in [0.25, 0.3) is 0 Å². The second kappa shape index (κ2) is 7.90. The molecule has 0 unspecified atom stereocenters. The highest BCUT2D eigenvalue weighted by Gasteiger charge is 2.14. The van der Waals surface area contributed by atoms with Crippen LogP contribution in [0.1, 0.15) is 17.0 Å². The van der Waals surface area contributed by atoms with E-state index in [9.17, 15) is 18.0 Å². The molecule has 0 radical (unpaired) electrons. The minimum Gasteiger partial charge on any atom is -0.497 e. The maximum atomic E-state index is 13.6. The van der Waals surface area contributed by atoms with Crippen LogP contribution in [0.5, 0.6) is 5.75 Å². The fraction of sp³-hybridized carbons (Fsp3) is 0.167. The van der Waals surface area contributed by atoms with Crippen LogP contribution < -0.4 is 10.1 Å². The van der Waals surface area contributed by atoms with Gasteiger partial charge in [-0.05, 0) is 23.8 Å². The highest BCUT2D eigenvalue weighted by atomic mass is 19.2. The van der Waals surface area contributed by atoms with E-state index in [2.05, 4.69) is 20.5 Å². The Hall–Kier alpha value is -3.36. The number of hydrogen-bond donors (Lipinski definition) is 2. The van der Waals surface area contributed by atoms with Crippen LogP contribution in [0.15, 0.2) is 36.4 Å². The van der Waals surface area contributed by atoms with Gasteiger partial charge in [-0.3, -0.25) is 15.2 Å². The number of aromatic nitrogens is 3. The summed E-state index contributed by atoms with van der Waals surface area (Å²) in [6, 6.07) is 8.40. The standard InChI is InChI=1S/C18H15F3N4O2/c1-27-12-4-2-10(3-5-12)6-16-22-18(25-24-16)23-17(26)8-11-7-14(20)15(21)9-13(11)19/h2-5,7,9H,6,8H2,1H3,(H2,22,23,24,25,26). The van der Waals surface area contributed by atoms with Crippen LogP contribution in [0.4, 0.5) is 19.1 Å². The molecule has 1 aromatic heterocycles. The number of carbonyl (C=O) groups excluding carboxylic acids is 1. The van der Waals surface area contributed by atoms with Gasteiger partial charge >= 0.3 is 0 Å². The molecule has 0 aliphatic carbocycles. The van der Waals surface area contributed by atoms with Gasteiger partial charge in [-0.2, -0.15) is 4.98 Å². The highest BCUT2D eigenvalue weighted by molar-refractivity contribution is 5.90. The Labute approximate surface area is 152 Å². The zero-order chi connectivity index (χ0) is 19.4. The van der Waals surface area contributed by atoms with E-state index in [0.29, 0.717) is 24.4 Å². The summed E-state index contributed by atoms with van der Waals surface area (Å²) < 4.78 is 44.8. The molecule has 1 amide bonds. The Bertz CT molecular complexity index is 958. The van der Waals surface area contributed by atoms with Crippen molar-refractivity contribution in [2.24, 2.45) is 0 Å². The first-order valence-electron chi connectivity index (χ1n) is 7.92. The van der Waals surface area contributed by atoms with E-state index in [0.717, 1.165) is 11.3 Å². The number of nitrogens with zero attached hydrogens (tertiary/aromatic N) is 2. The summed E-state index contributed by atoms with van der Waals surface area (Å²) in [5.74, 6) is -2.95. The molecule has 3 aromatic rings. The first-order valence-corrected chi connectivity index (χ1v) is 7.92. The normalized spacial score (nSPS) is 10.7. The van der Waals surface area contributed by atoms with Gasteiger partial charge in [-0.1, -0.05) is 12.1 Å². The third kappa shape index (κ3) is 4.63.